The monoisotopic (exact) mass is 330 g/mol. The number of rotatable bonds is 4. The summed E-state index contributed by atoms with van der Waals surface area (Å²) < 4.78 is 11.6. The van der Waals surface area contributed by atoms with Crippen molar-refractivity contribution >= 4 is 5.91 Å². The Balaban J connectivity index is 1.37. The summed E-state index contributed by atoms with van der Waals surface area (Å²) in [5.74, 6) is 1.06. The summed E-state index contributed by atoms with van der Waals surface area (Å²) in [7, 11) is 0. The fourth-order valence-electron chi connectivity index (χ4n) is 3.98. The highest BCUT2D eigenvalue weighted by molar-refractivity contribution is 5.79. The molecule has 5 nitrogen and oxygen atoms in total. The van der Waals surface area contributed by atoms with E-state index in [2.05, 4.69) is 34.5 Å². The minimum atomic E-state index is -0.0533. The van der Waals surface area contributed by atoms with Crippen molar-refractivity contribution in [3.63, 3.8) is 0 Å². The lowest BCUT2D eigenvalue weighted by Gasteiger charge is -2.27. The zero-order valence-corrected chi connectivity index (χ0v) is 14.1. The maximum Gasteiger partial charge on any atom is 0.227 e. The van der Waals surface area contributed by atoms with Crippen LogP contribution in [0.3, 0.4) is 0 Å². The molecule has 2 heterocycles. The van der Waals surface area contributed by atoms with Crippen LogP contribution >= 0.6 is 0 Å². The van der Waals surface area contributed by atoms with Crippen molar-refractivity contribution in [2.24, 2.45) is 5.92 Å². The maximum atomic E-state index is 12.1. The fourth-order valence-corrected chi connectivity index (χ4v) is 3.98. The van der Waals surface area contributed by atoms with E-state index in [4.69, 9.17) is 9.47 Å². The third-order valence-electron chi connectivity index (χ3n) is 5.25. The molecular weight excluding hydrogens is 304 g/mol. The van der Waals surface area contributed by atoms with Crippen molar-refractivity contribution in [3.05, 3.63) is 29.8 Å². The first kappa shape index (κ1) is 15.9. The second-order valence-electron chi connectivity index (χ2n) is 7.30. The first-order valence-corrected chi connectivity index (χ1v) is 9.12. The molecule has 3 aliphatic rings. The molecule has 1 aromatic carbocycles. The van der Waals surface area contributed by atoms with Gasteiger partial charge in [0.2, 0.25) is 5.91 Å². The topological polar surface area (TPSA) is 50.8 Å². The molecule has 24 heavy (non-hydrogen) atoms. The number of ether oxygens (including phenoxy) is 2. The van der Waals surface area contributed by atoms with Crippen LogP contribution in [0.4, 0.5) is 0 Å². The Kier molecular flexibility index (Phi) is 4.72. The lowest BCUT2D eigenvalue weighted by molar-refractivity contribution is -0.125. The van der Waals surface area contributed by atoms with Gasteiger partial charge in [0.15, 0.2) is 0 Å². The highest BCUT2D eigenvalue weighted by Crippen LogP contribution is 2.24. The van der Waals surface area contributed by atoms with Gasteiger partial charge >= 0.3 is 0 Å². The molecule has 2 bridgehead atoms. The number of carbonyl (C=O) groups excluding carboxylic acids is 1. The molecule has 130 valence electrons. The van der Waals surface area contributed by atoms with Crippen LogP contribution in [0.1, 0.15) is 31.2 Å². The van der Waals surface area contributed by atoms with Crippen LogP contribution in [0.15, 0.2) is 24.3 Å². The van der Waals surface area contributed by atoms with Crippen LogP contribution in [-0.2, 0) is 16.1 Å². The van der Waals surface area contributed by atoms with Gasteiger partial charge < -0.3 is 14.8 Å². The zero-order chi connectivity index (χ0) is 16.4. The SMILES string of the molecule is O=C1N[C@@H]2COC[C@H]1CN(Cc1ccc(OC3CCCC3)cc1)C2. The Morgan fingerprint density at radius 3 is 2.71 bits per heavy atom. The van der Waals surface area contributed by atoms with Gasteiger partial charge in [-0.05, 0) is 43.4 Å². The number of nitrogens with zero attached hydrogens (tertiary/aromatic N) is 1. The van der Waals surface area contributed by atoms with Crippen LogP contribution in [0.5, 0.6) is 5.75 Å². The molecule has 0 radical (unpaired) electrons. The molecule has 1 aromatic rings. The van der Waals surface area contributed by atoms with Gasteiger partial charge in [-0.15, -0.1) is 0 Å². The summed E-state index contributed by atoms with van der Waals surface area (Å²) in [4.78, 5) is 14.4. The summed E-state index contributed by atoms with van der Waals surface area (Å²) in [6.07, 6.45) is 5.34. The molecular formula is C19H26N2O3. The summed E-state index contributed by atoms with van der Waals surface area (Å²) in [5, 5.41) is 3.08. The van der Waals surface area contributed by atoms with Crippen molar-refractivity contribution < 1.29 is 14.3 Å². The van der Waals surface area contributed by atoms with Gasteiger partial charge in [-0.25, -0.2) is 0 Å². The Morgan fingerprint density at radius 1 is 1.12 bits per heavy atom. The Bertz CT molecular complexity index is 568. The van der Waals surface area contributed by atoms with E-state index in [0.717, 1.165) is 25.4 Å². The average Bonchev–Trinajstić information content (AvgIpc) is 2.94. The quantitative estimate of drug-likeness (QED) is 0.917. The van der Waals surface area contributed by atoms with Crippen molar-refractivity contribution in [3.8, 4) is 5.75 Å². The maximum absolute atomic E-state index is 12.1. The standard InChI is InChI=1S/C19H26N2O3/c22-19-15-10-21(11-16(20-19)13-23-12-15)9-14-5-7-18(8-6-14)24-17-3-1-2-4-17/h5-8,15-17H,1-4,9-13H2,(H,20,22)/t15-,16+/m1/s1. The van der Waals surface area contributed by atoms with Crippen molar-refractivity contribution in [2.45, 2.75) is 44.4 Å². The van der Waals surface area contributed by atoms with Crippen LogP contribution in [0, 0.1) is 5.92 Å². The van der Waals surface area contributed by atoms with E-state index >= 15 is 0 Å². The molecule has 4 rings (SSSR count). The normalized spacial score (nSPS) is 28.4. The van der Waals surface area contributed by atoms with Gasteiger partial charge in [0.25, 0.3) is 0 Å². The molecule has 1 aliphatic carbocycles. The van der Waals surface area contributed by atoms with E-state index in [1.165, 1.54) is 31.2 Å². The van der Waals surface area contributed by atoms with Crippen molar-refractivity contribution in [1.29, 1.82) is 0 Å². The molecule has 5 heteroatoms. The number of hydrogen-bond acceptors (Lipinski definition) is 4. The van der Waals surface area contributed by atoms with Crippen LogP contribution in [0.2, 0.25) is 0 Å². The number of hydrogen-bond donors (Lipinski definition) is 1. The number of carbonyl (C=O) groups is 1. The number of fused-ring (bicyclic) bond motifs is 3. The number of nitrogens with one attached hydrogen (secondary N) is 1. The largest absolute Gasteiger partial charge is 0.490 e. The van der Waals surface area contributed by atoms with Gasteiger partial charge in [-0.1, -0.05) is 12.1 Å². The molecule has 1 amide bonds. The van der Waals surface area contributed by atoms with E-state index < -0.39 is 0 Å². The first-order valence-electron chi connectivity index (χ1n) is 9.12. The fraction of sp³-hybridized carbons (Fsp3) is 0.632. The molecule has 0 spiro atoms. The van der Waals surface area contributed by atoms with E-state index in [0.29, 0.717) is 19.3 Å². The second-order valence-corrected chi connectivity index (χ2v) is 7.30. The van der Waals surface area contributed by atoms with Crippen LogP contribution < -0.4 is 10.1 Å². The number of amides is 1. The van der Waals surface area contributed by atoms with Crippen LogP contribution in [0.25, 0.3) is 0 Å². The van der Waals surface area contributed by atoms with Gasteiger partial charge in [0, 0.05) is 19.6 Å². The van der Waals surface area contributed by atoms with E-state index in [9.17, 15) is 4.79 Å². The minimum absolute atomic E-state index is 0.0533. The van der Waals surface area contributed by atoms with E-state index in [1.54, 1.807) is 0 Å². The molecule has 0 aromatic heterocycles. The molecule has 2 aliphatic heterocycles. The highest BCUT2D eigenvalue weighted by Gasteiger charge is 2.33. The Morgan fingerprint density at radius 2 is 1.92 bits per heavy atom. The lowest BCUT2D eigenvalue weighted by Crippen LogP contribution is -2.41. The summed E-state index contributed by atoms with van der Waals surface area (Å²) >= 11 is 0. The van der Waals surface area contributed by atoms with Crippen molar-refractivity contribution in [2.75, 3.05) is 26.3 Å². The highest BCUT2D eigenvalue weighted by atomic mass is 16.5. The van der Waals surface area contributed by atoms with E-state index in [1.807, 2.05) is 0 Å². The van der Waals surface area contributed by atoms with Gasteiger partial charge in [0.1, 0.15) is 5.75 Å². The predicted molar refractivity (Wildman–Crippen MR) is 90.8 cm³/mol. The second kappa shape index (κ2) is 7.11. The molecule has 1 N–H and O–H groups in total. The Labute approximate surface area is 143 Å². The zero-order valence-electron chi connectivity index (χ0n) is 14.1. The van der Waals surface area contributed by atoms with Gasteiger partial charge in [-0.2, -0.15) is 0 Å². The third-order valence-corrected chi connectivity index (χ3v) is 5.25. The minimum Gasteiger partial charge on any atom is -0.490 e. The van der Waals surface area contributed by atoms with E-state index in [-0.39, 0.29) is 17.9 Å². The summed E-state index contributed by atoms with van der Waals surface area (Å²) in [6, 6.07) is 8.57. The van der Waals surface area contributed by atoms with Crippen LogP contribution in [-0.4, -0.2) is 49.3 Å². The molecule has 1 saturated carbocycles. The Hall–Kier alpha value is -1.59. The third kappa shape index (κ3) is 3.73. The molecule has 2 saturated heterocycles. The smallest absolute Gasteiger partial charge is 0.227 e. The average molecular weight is 330 g/mol. The summed E-state index contributed by atoms with van der Waals surface area (Å²) in [5.41, 5.74) is 1.27. The summed E-state index contributed by atoms with van der Waals surface area (Å²) in [6.45, 7) is 3.64. The molecule has 0 unspecified atom stereocenters. The van der Waals surface area contributed by atoms with Gasteiger partial charge in [0.05, 0.1) is 31.3 Å². The first-order chi connectivity index (χ1) is 11.8. The number of benzene rings is 1. The predicted octanol–water partition coefficient (Wildman–Crippen LogP) is 1.95. The molecule has 3 fully saturated rings. The lowest BCUT2D eigenvalue weighted by atomic mass is 10.1. The molecule has 2 atom stereocenters. The van der Waals surface area contributed by atoms with Crippen molar-refractivity contribution in [1.82, 2.24) is 10.2 Å². The van der Waals surface area contributed by atoms with Gasteiger partial charge in [-0.3, -0.25) is 9.69 Å².